The fraction of sp³-hybridized carbons (Fsp3) is 0.208. The predicted molar refractivity (Wildman–Crippen MR) is 122 cm³/mol. The largest absolute Gasteiger partial charge is 0.493 e. The number of fused-ring (bicyclic) bond motifs is 1. The van der Waals surface area contributed by atoms with E-state index in [1.54, 1.807) is 25.3 Å². The molecule has 0 aliphatic heterocycles. The van der Waals surface area contributed by atoms with Crippen LogP contribution in [0.15, 0.2) is 59.7 Å². The van der Waals surface area contributed by atoms with Crippen LogP contribution in [0.4, 0.5) is 4.39 Å². The molecule has 4 rings (SSSR count). The van der Waals surface area contributed by atoms with Gasteiger partial charge in [-0.2, -0.15) is 5.10 Å². The number of aromatic nitrogens is 3. The van der Waals surface area contributed by atoms with E-state index in [-0.39, 0.29) is 24.5 Å². The highest BCUT2D eigenvalue weighted by molar-refractivity contribution is 5.76. The Kier molecular flexibility index (Phi) is 6.60. The van der Waals surface area contributed by atoms with E-state index in [0.29, 0.717) is 28.3 Å². The summed E-state index contributed by atoms with van der Waals surface area (Å²) >= 11 is 0. The van der Waals surface area contributed by atoms with E-state index in [0.717, 1.165) is 5.56 Å². The molecule has 0 fully saturated rings. The number of hydrogen-bond acceptors (Lipinski definition) is 6. The van der Waals surface area contributed by atoms with Crippen molar-refractivity contribution in [3.8, 4) is 22.8 Å². The molecule has 0 unspecified atom stereocenters. The number of nitrogens with zero attached hydrogens (tertiary/aromatic N) is 3. The average Bonchev–Trinajstić information content (AvgIpc) is 3.24. The van der Waals surface area contributed by atoms with Gasteiger partial charge < -0.3 is 24.5 Å². The second-order valence-electron chi connectivity index (χ2n) is 7.48. The van der Waals surface area contributed by atoms with Crippen LogP contribution in [0.1, 0.15) is 11.1 Å². The number of nitrogens with one attached hydrogen (secondary N) is 1. The maximum absolute atomic E-state index is 13.3. The zero-order valence-corrected chi connectivity index (χ0v) is 18.6. The summed E-state index contributed by atoms with van der Waals surface area (Å²) < 4.78 is 26.4. The molecular weight excluding hydrogens is 443 g/mol. The van der Waals surface area contributed by atoms with Gasteiger partial charge in [-0.05, 0) is 42.0 Å². The summed E-state index contributed by atoms with van der Waals surface area (Å²) in [7, 11) is 3.07. The van der Waals surface area contributed by atoms with Gasteiger partial charge in [0.25, 0.3) is 5.56 Å². The zero-order valence-electron chi connectivity index (χ0n) is 18.6. The van der Waals surface area contributed by atoms with E-state index in [1.807, 2.05) is 0 Å². The van der Waals surface area contributed by atoms with Crippen LogP contribution in [-0.2, 0) is 24.5 Å². The van der Waals surface area contributed by atoms with Crippen LogP contribution in [0, 0.1) is 5.82 Å². The van der Waals surface area contributed by atoms with Crippen molar-refractivity contribution in [1.29, 1.82) is 0 Å². The topological polar surface area (TPSA) is 107 Å². The molecule has 34 heavy (non-hydrogen) atoms. The molecule has 176 valence electrons. The van der Waals surface area contributed by atoms with Crippen molar-refractivity contribution in [3.63, 3.8) is 0 Å². The van der Waals surface area contributed by atoms with Crippen LogP contribution < -0.4 is 20.3 Å². The molecule has 0 spiro atoms. The number of ether oxygens (including phenoxy) is 2. The molecule has 0 atom stereocenters. The number of carbonyl (C=O) groups excluding carboxylic acids is 1. The summed E-state index contributed by atoms with van der Waals surface area (Å²) in [6.07, 6.45) is 2.98. The lowest BCUT2D eigenvalue weighted by molar-refractivity contribution is -0.121. The van der Waals surface area contributed by atoms with Crippen molar-refractivity contribution < 1.29 is 23.8 Å². The molecule has 2 heterocycles. The van der Waals surface area contributed by atoms with Gasteiger partial charge in [-0.15, -0.1) is 0 Å². The average molecular weight is 466 g/mol. The molecular formula is C24H23FN4O5. The van der Waals surface area contributed by atoms with Crippen molar-refractivity contribution in [2.75, 3.05) is 14.2 Å². The van der Waals surface area contributed by atoms with Gasteiger partial charge in [0.1, 0.15) is 17.9 Å². The van der Waals surface area contributed by atoms with Crippen molar-refractivity contribution in [1.82, 2.24) is 19.5 Å². The smallest absolute Gasteiger partial charge is 0.277 e. The Morgan fingerprint density at radius 2 is 1.82 bits per heavy atom. The number of aliphatic hydroxyl groups excluding tert-OH is 1. The fourth-order valence-electron chi connectivity index (χ4n) is 3.67. The van der Waals surface area contributed by atoms with E-state index >= 15 is 0 Å². The number of halogens is 1. The summed E-state index contributed by atoms with van der Waals surface area (Å²) in [6.45, 7) is -0.426. The molecule has 0 saturated heterocycles. The summed E-state index contributed by atoms with van der Waals surface area (Å²) in [5.41, 5.74) is 1.71. The van der Waals surface area contributed by atoms with Gasteiger partial charge in [0, 0.05) is 30.1 Å². The quantitative estimate of drug-likeness (QED) is 0.412. The van der Waals surface area contributed by atoms with Crippen molar-refractivity contribution in [3.05, 3.63) is 82.2 Å². The predicted octanol–water partition coefficient (Wildman–Crippen LogP) is 2.13. The van der Waals surface area contributed by atoms with Crippen LogP contribution in [0.25, 0.3) is 16.8 Å². The van der Waals surface area contributed by atoms with Crippen molar-refractivity contribution in [2.45, 2.75) is 19.7 Å². The first-order valence-corrected chi connectivity index (χ1v) is 10.4. The SMILES string of the molecule is COc1ccc(CNC(=O)Cn2ccn3nc(-c4ccc(F)cc4)c(CO)c3c2=O)cc1OC. The van der Waals surface area contributed by atoms with E-state index in [9.17, 15) is 19.1 Å². The lowest BCUT2D eigenvalue weighted by Gasteiger charge is -2.11. The number of hydrogen-bond donors (Lipinski definition) is 2. The van der Waals surface area contributed by atoms with Gasteiger partial charge in [-0.3, -0.25) is 9.59 Å². The van der Waals surface area contributed by atoms with E-state index in [1.165, 1.54) is 52.9 Å². The van der Waals surface area contributed by atoms with Crippen LogP contribution in [0.3, 0.4) is 0 Å². The Morgan fingerprint density at radius 3 is 2.50 bits per heavy atom. The molecule has 9 nitrogen and oxygen atoms in total. The number of amides is 1. The van der Waals surface area contributed by atoms with Crippen LogP contribution >= 0.6 is 0 Å². The summed E-state index contributed by atoms with van der Waals surface area (Å²) in [6, 6.07) is 10.9. The third kappa shape index (κ3) is 4.48. The number of carbonyl (C=O) groups is 1. The van der Waals surface area contributed by atoms with Crippen LogP contribution in [0.2, 0.25) is 0 Å². The molecule has 0 bridgehead atoms. The standard InChI is InChI=1S/C24H23FN4O5/c1-33-19-8-3-15(11-20(19)34-2)12-26-21(31)13-28-9-10-29-23(24(28)32)18(14-30)22(27-29)16-4-6-17(25)7-5-16/h3-11,30H,12-14H2,1-2H3,(H,26,31). The summed E-state index contributed by atoms with van der Waals surface area (Å²) in [5, 5.41) is 17.1. The van der Waals surface area contributed by atoms with Gasteiger partial charge in [-0.1, -0.05) is 6.07 Å². The molecule has 0 radical (unpaired) electrons. The second-order valence-corrected chi connectivity index (χ2v) is 7.48. The number of aliphatic hydroxyl groups is 1. The monoisotopic (exact) mass is 466 g/mol. The Labute approximate surface area is 194 Å². The minimum Gasteiger partial charge on any atom is -0.493 e. The van der Waals surface area contributed by atoms with Crippen LogP contribution in [-0.4, -0.2) is 39.4 Å². The number of benzene rings is 2. The third-order valence-electron chi connectivity index (χ3n) is 5.39. The molecule has 4 aromatic rings. The summed E-state index contributed by atoms with van der Waals surface area (Å²) in [4.78, 5) is 25.6. The maximum Gasteiger partial charge on any atom is 0.277 e. The minimum absolute atomic E-state index is 0.150. The molecule has 0 aliphatic carbocycles. The first kappa shape index (κ1) is 23.0. The highest BCUT2D eigenvalue weighted by atomic mass is 19.1. The Morgan fingerprint density at radius 1 is 1.09 bits per heavy atom. The number of rotatable bonds is 8. The van der Waals surface area contributed by atoms with Crippen LogP contribution in [0.5, 0.6) is 11.5 Å². The Hall–Kier alpha value is -4.18. The first-order chi connectivity index (χ1) is 16.4. The fourth-order valence-corrected chi connectivity index (χ4v) is 3.67. The van der Waals surface area contributed by atoms with Gasteiger partial charge >= 0.3 is 0 Å². The Balaban J connectivity index is 1.55. The highest BCUT2D eigenvalue weighted by Crippen LogP contribution is 2.27. The maximum atomic E-state index is 13.3. The van der Waals surface area contributed by atoms with E-state index in [4.69, 9.17) is 9.47 Å². The summed E-state index contributed by atoms with van der Waals surface area (Å²) in [5.74, 6) is 0.354. The molecule has 1 amide bonds. The Bertz CT molecular complexity index is 1400. The molecule has 2 aromatic heterocycles. The minimum atomic E-state index is -0.478. The molecule has 0 aliphatic rings. The van der Waals surface area contributed by atoms with Gasteiger partial charge in [0.2, 0.25) is 5.91 Å². The highest BCUT2D eigenvalue weighted by Gasteiger charge is 2.18. The normalized spacial score (nSPS) is 10.9. The van der Waals surface area contributed by atoms with Crippen molar-refractivity contribution in [2.24, 2.45) is 0 Å². The molecule has 2 aromatic carbocycles. The number of methoxy groups -OCH3 is 2. The second kappa shape index (κ2) is 9.75. The van der Waals surface area contributed by atoms with E-state index < -0.39 is 18.0 Å². The van der Waals surface area contributed by atoms with E-state index in [2.05, 4.69) is 10.4 Å². The zero-order chi connectivity index (χ0) is 24.2. The lowest BCUT2D eigenvalue weighted by Crippen LogP contribution is -2.32. The van der Waals surface area contributed by atoms with Gasteiger partial charge in [-0.25, -0.2) is 8.91 Å². The van der Waals surface area contributed by atoms with Gasteiger partial charge in [0.05, 0.1) is 26.5 Å². The van der Waals surface area contributed by atoms with Gasteiger partial charge in [0.15, 0.2) is 11.5 Å². The third-order valence-corrected chi connectivity index (χ3v) is 5.39. The molecule has 10 heteroatoms. The molecule has 2 N–H and O–H groups in total. The lowest BCUT2D eigenvalue weighted by atomic mass is 10.1. The van der Waals surface area contributed by atoms with Crippen molar-refractivity contribution >= 4 is 11.4 Å². The first-order valence-electron chi connectivity index (χ1n) is 10.4. The molecule has 0 saturated carbocycles.